The van der Waals surface area contributed by atoms with Crippen molar-refractivity contribution in [3.8, 4) is 17.2 Å². The molecular formula is C28H26BrN3O3. The molecular weight excluding hydrogens is 506 g/mol. The molecule has 0 radical (unpaired) electrons. The summed E-state index contributed by atoms with van der Waals surface area (Å²) in [6.07, 6.45) is 5.37. The number of hydrazone groups is 1. The molecule has 0 saturated heterocycles. The van der Waals surface area contributed by atoms with Crippen LogP contribution in [0.1, 0.15) is 34.0 Å². The first-order valence-corrected chi connectivity index (χ1v) is 12.1. The number of carbonyl (C=O) groups excluding carboxylic acids is 1. The van der Waals surface area contributed by atoms with E-state index in [0.717, 1.165) is 21.3 Å². The molecule has 1 N–H and O–H groups in total. The van der Waals surface area contributed by atoms with Crippen LogP contribution in [-0.4, -0.2) is 23.3 Å². The number of para-hydroxylation sites is 1. The molecule has 0 saturated carbocycles. The molecule has 0 aliphatic heterocycles. The van der Waals surface area contributed by atoms with Crippen LogP contribution in [0.5, 0.6) is 11.5 Å². The molecule has 0 atom stereocenters. The molecule has 4 aromatic rings. The van der Waals surface area contributed by atoms with Crippen LogP contribution in [0.3, 0.4) is 0 Å². The number of rotatable bonds is 9. The van der Waals surface area contributed by atoms with E-state index in [0.29, 0.717) is 30.3 Å². The molecule has 0 unspecified atom stereocenters. The first-order chi connectivity index (χ1) is 17.1. The van der Waals surface area contributed by atoms with Gasteiger partial charge in [-0.25, -0.2) is 5.43 Å². The second-order valence-corrected chi connectivity index (χ2v) is 8.64. The summed E-state index contributed by atoms with van der Waals surface area (Å²) in [7, 11) is 0. The number of halogens is 1. The van der Waals surface area contributed by atoms with Gasteiger partial charge in [-0.2, -0.15) is 5.10 Å². The molecule has 1 amide bonds. The molecule has 7 heteroatoms. The molecule has 178 valence electrons. The number of hydrogen-bond donors (Lipinski definition) is 1. The lowest BCUT2D eigenvalue weighted by Gasteiger charge is -2.15. The van der Waals surface area contributed by atoms with Crippen LogP contribution in [0, 0.1) is 6.92 Å². The van der Waals surface area contributed by atoms with Crippen molar-refractivity contribution >= 4 is 28.1 Å². The van der Waals surface area contributed by atoms with Gasteiger partial charge < -0.3 is 14.0 Å². The van der Waals surface area contributed by atoms with Crippen LogP contribution in [0.25, 0.3) is 5.69 Å². The average Bonchev–Trinajstić information content (AvgIpc) is 3.40. The third-order valence-corrected chi connectivity index (χ3v) is 5.97. The minimum absolute atomic E-state index is 0.298. The molecule has 0 bridgehead atoms. The minimum Gasteiger partial charge on any atom is -0.490 e. The van der Waals surface area contributed by atoms with Gasteiger partial charge in [0.05, 0.1) is 28.5 Å². The van der Waals surface area contributed by atoms with Gasteiger partial charge in [-0.3, -0.25) is 4.79 Å². The summed E-state index contributed by atoms with van der Waals surface area (Å²) in [6.45, 7) is 4.89. The van der Waals surface area contributed by atoms with Gasteiger partial charge in [-0.15, -0.1) is 0 Å². The van der Waals surface area contributed by atoms with Gasteiger partial charge in [0.1, 0.15) is 6.61 Å². The van der Waals surface area contributed by atoms with Crippen molar-refractivity contribution in [2.24, 2.45) is 5.10 Å². The van der Waals surface area contributed by atoms with Crippen molar-refractivity contribution in [2.45, 2.75) is 20.5 Å². The van der Waals surface area contributed by atoms with Crippen LogP contribution in [0.15, 0.2) is 94.8 Å². The van der Waals surface area contributed by atoms with Crippen LogP contribution in [0.2, 0.25) is 0 Å². The highest BCUT2D eigenvalue weighted by atomic mass is 79.9. The Morgan fingerprint density at radius 3 is 2.54 bits per heavy atom. The van der Waals surface area contributed by atoms with Crippen LogP contribution < -0.4 is 14.9 Å². The predicted octanol–water partition coefficient (Wildman–Crippen LogP) is 6.29. The molecule has 0 aliphatic carbocycles. The zero-order chi connectivity index (χ0) is 24.6. The van der Waals surface area contributed by atoms with Gasteiger partial charge in [0.25, 0.3) is 5.91 Å². The maximum atomic E-state index is 12.8. The average molecular weight is 532 g/mol. The fourth-order valence-electron chi connectivity index (χ4n) is 3.60. The summed E-state index contributed by atoms with van der Waals surface area (Å²) < 4.78 is 14.6. The van der Waals surface area contributed by atoms with Gasteiger partial charge in [0.15, 0.2) is 11.5 Å². The van der Waals surface area contributed by atoms with E-state index >= 15 is 0 Å². The Morgan fingerprint density at radius 2 is 1.77 bits per heavy atom. The molecule has 4 rings (SSSR count). The van der Waals surface area contributed by atoms with Gasteiger partial charge >= 0.3 is 0 Å². The predicted molar refractivity (Wildman–Crippen MR) is 142 cm³/mol. The van der Waals surface area contributed by atoms with Crippen molar-refractivity contribution in [3.05, 3.63) is 112 Å². The number of nitrogens with one attached hydrogen (secondary N) is 1. The smallest absolute Gasteiger partial charge is 0.273 e. The molecule has 6 nitrogen and oxygen atoms in total. The van der Waals surface area contributed by atoms with E-state index in [1.54, 1.807) is 12.3 Å². The van der Waals surface area contributed by atoms with E-state index in [-0.39, 0.29) is 5.91 Å². The first kappa shape index (κ1) is 24.3. The maximum Gasteiger partial charge on any atom is 0.273 e. The van der Waals surface area contributed by atoms with Crippen LogP contribution in [0.4, 0.5) is 0 Å². The zero-order valence-corrected chi connectivity index (χ0v) is 21.2. The fraction of sp³-hybridized carbons (Fsp3) is 0.143. The normalized spacial score (nSPS) is 10.9. The van der Waals surface area contributed by atoms with E-state index in [1.165, 1.54) is 5.56 Å². The van der Waals surface area contributed by atoms with Crippen molar-refractivity contribution < 1.29 is 14.3 Å². The van der Waals surface area contributed by atoms with E-state index in [1.807, 2.05) is 84.5 Å². The summed E-state index contributed by atoms with van der Waals surface area (Å²) >= 11 is 3.59. The van der Waals surface area contributed by atoms with E-state index in [9.17, 15) is 4.79 Å². The fourth-order valence-corrected chi connectivity index (χ4v) is 4.17. The molecule has 1 aromatic heterocycles. The van der Waals surface area contributed by atoms with Crippen LogP contribution in [-0.2, 0) is 6.61 Å². The zero-order valence-electron chi connectivity index (χ0n) is 19.6. The Hall–Kier alpha value is -3.84. The molecule has 35 heavy (non-hydrogen) atoms. The van der Waals surface area contributed by atoms with Crippen molar-refractivity contribution in [3.63, 3.8) is 0 Å². The largest absolute Gasteiger partial charge is 0.490 e. The Balaban J connectivity index is 1.49. The SMILES string of the molecule is CCOc1cc(/C=N\NC(=O)c2ccccc2-n2cccc2)cc(Br)c1OCc1ccccc1C. The summed E-state index contributed by atoms with van der Waals surface area (Å²) in [5.74, 6) is 0.922. The highest BCUT2D eigenvalue weighted by molar-refractivity contribution is 9.10. The van der Waals surface area contributed by atoms with Crippen molar-refractivity contribution in [1.82, 2.24) is 9.99 Å². The quantitative estimate of drug-likeness (QED) is 0.204. The van der Waals surface area contributed by atoms with E-state index < -0.39 is 0 Å². The topological polar surface area (TPSA) is 64.8 Å². The number of aromatic nitrogens is 1. The maximum absolute atomic E-state index is 12.8. The molecule has 0 aliphatic rings. The lowest BCUT2D eigenvalue weighted by molar-refractivity contribution is 0.0955. The van der Waals surface area contributed by atoms with Gasteiger partial charge in [-0.05, 0) is 82.9 Å². The Morgan fingerprint density at radius 1 is 1.03 bits per heavy atom. The Labute approximate surface area is 213 Å². The lowest BCUT2D eigenvalue weighted by Crippen LogP contribution is -2.19. The molecule has 0 fully saturated rings. The second kappa shape index (κ2) is 11.5. The second-order valence-electron chi connectivity index (χ2n) is 7.78. The number of amides is 1. The van der Waals surface area contributed by atoms with Crippen molar-refractivity contribution in [2.75, 3.05) is 6.61 Å². The standard InChI is InChI=1S/C28H26BrN3O3/c1-3-34-26-17-21(16-24(29)27(26)35-19-22-11-5-4-10-20(22)2)18-30-31-28(33)23-12-6-7-13-25(23)32-14-8-9-15-32/h4-18H,3,19H2,1-2H3,(H,31,33)/b30-18-. The highest BCUT2D eigenvalue weighted by Crippen LogP contribution is 2.37. The highest BCUT2D eigenvalue weighted by Gasteiger charge is 2.14. The van der Waals surface area contributed by atoms with Crippen LogP contribution >= 0.6 is 15.9 Å². The number of nitrogens with zero attached hydrogens (tertiary/aromatic N) is 2. The Kier molecular flexibility index (Phi) is 8.00. The number of carbonyl (C=O) groups is 1. The van der Waals surface area contributed by atoms with E-state index in [2.05, 4.69) is 39.4 Å². The molecule has 0 spiro atoms. The summed E-state index contributed by atoms with van der Waals surface area (Å²) in [5.41, 5.74) is 6.95. The summed E-state index contributed by atoms with van der Waals surface area (Å²) in [5, 5.41) is 4.17. The number of aryl methyl sites for hydroxylation is 1. The minimum atomic E-state index is -0.298. The first-order valence-electron chi connectivity index (χ1n) is 11.3. The number of ether oxygens (including phenoxy) is 2. The lowest BCUT2D eigenvalue weighted by atomic mass is 10.1. The third-order valence-electron chi connectivity index (χ3n) is 5.38. The van der Waals surface area contributed by atoms with Crippen molar-refractivity contribution in [1.29, 1.82) is 0 Å². The Bertz CT molecular complexity index is 1330. The number of hydrogen-bond acceptors (Lipinski definition) is 4. The monoisotopic (exact) mass is 531 g/mol. The third kappa shape index (κ3) is 6.00. The molecule has 1 heterocycles. The molecule has 3 aromatic carbocycles. The summed E-state index contributed by atoms with van der Waals surface area (Å²) in [4.78, 5) is 12.8. The number of benzene rings is 3. The van der Waals surface area contributed by atoms with Gasteiger partial charge in [-0.1, -0.05) is 36.4 Å². The van der Waals surface area contributed by atoms with E-state index in [4.69, 9.17) is 9.47 Å². The van der Waals surface area contributed by atoms with Gasteiger partial charge in [0.2, 0.25) is 0 Å². The summed E-state index contributed by atoms with van der Waals surface area (Å²) in [6, 6.07) is 23.0. The van der Waals surface area contributed by atoms with Gasteiger partial charge in [0, 0.05) is 12.4 Å².